The number of carbonyl (C=O) groups excluding carboxylic acids is 1. The van der Waals surface area contributed by atoms with Crippen molar-refractivity contribution in [2.24, 2.45) is 11.8 Å². The minimum Gasteiger partial charge on any atom is -0.493 e. The van der Waals surface area contributed by atoms with Gasteiger partial charge in [-0.05, 0) is 68.5 Å². The largest absolute Gasteiger partial charge is 0.493 e. The Labute approximate surface area is 234 Å². The first-order valence-electron chi connectivity index (χ1n) is 13.2. The molecular weight excluding hydrogens is 521 g/mol. The van der Waals surface area contributed by atoms with Crippen molar-refractivity contribution in [2.45, 2.75) is 51.6 Å². The number of nitrogens with two attached hydrogens (primary N) is 1. The van der Waals surface area contributed by atoms with Crippen LogP contribution in [0, 0.1) is 17.7 Å². The summed E-state index contributed by atoms with van der Waals surface area (Å²) < 4.78 is 57.0. The Bertz CT molecular complexity index is 1550. The zero-order chi connectivity index (χ0) is 29.4. The highest BCUT2D eigenvalue weighted by molar-refractivity contribution is 7.90. The highest BCUT2D eigenvalue weighted by atomic mass is 32.2. The lowest BCUT2D eigenvalue weighted by Gasteiger charge is -2.34. The number of amides is 1. The SMILES string of the molecule is [2HH].[2H]C1[C@@H](C)CC(C)(C)N1c1nc(-c2cc(F)cc(OCC(C)C)c2)ccc1C(=O)NS(=O)(=O)c1cccc(N)n1.[HH].[HH]. The second-order valence-corrected chi connectivity index (χ2v) is 12.4. The highest BCUT2D eigenvalue weighted by Crippen LogP contribution is 2.38. The van der Waals surface area contributed by atoms with Crippen molar-refractivity contribution in [1.82, 2.24) is 14.7 Å². The Balaban J connectivity index is 0.00000308. The van der Waals surface area contributed by atoms with Crippen LogP contribution in [0.3, 0.4) is 0 Å². The Hall–Kier alpha value is -3.73. The predicted octanol–water partition coefficient (Wildman–Crippen LogP) is 5.38. The van der Waals surface area contributed by atoms with E-state index in [0.29, 0.717) is 30.0 Å². The van der Waals surface area contributed by atoms with Crippen LogP contribution in [0.1, 0.15) is 57.0 Å². The minimum absolute atomic E-state index is 0. The number of nitrogens with one attached hydrogen (secondary N) is 1. The van der Waals surface area contributed by atoms with E-state index in [9.17, 15) is 17.6 Å². The van der Waals surface area contributed by atoms with Crippen LogP contribution in [-0.2, 0) is 10.0 Å². The fourth-order valence-corrected chi connectivity index (χ4v) is 5.53. The van der Waals surface area contributed by atoms with Gasteiger partial charge >= 0.3 is 0 Å². The number of hydrogen-bond acceptors (Lipinski definition) is 8. The van der Waals surface area contributed by atoms with Crippen LogP contribution in [0.5, 0.6) is 5.75 Å². The van der Waals surface area contributed by atoms with Gasteiger partial charge in [0.15, 0.2) is 5.03 Å². The quantitative estimate of drug-likeness (QED) is 0.374. The Morgan fingerprint density at radius 3 is 2.69 bits per heavy atom. The summed E-state index contributed by atoms with van der Waals surface area (Å²) in [7, 11) is -4.36. The molecule has 11 heteroatoms. The summed E-state index contributed by atoms with van der Waals surface area (Å²) in [5.74, 6) is -0.837. The van der Waals surface area contributed by atoms with Crippen molar-refractivity contribution in [1.29, 1.82) is 0 Å². The molecule has 1 fully saturated rings. The van der Waals surface area contributed by atoms with E-state index in [0.717, 1.165) is 0 Å². The van der Waals surface area contributed by atoms with Crippen molar-refractivity contribution in [3.63, 3.8) is 0 Å². The van der Waals surface area contributed by atoms with Crippen LogP contribution < -0.4 is 20.1 Å². The summed E-state index contributed by atoms with van der Waals surface area (Å²) in [4.78, 5) is 23.7. The third-order valence-corrected chi connectivity index (χ3v) is 7.46. The molecule has 0 aliphatic carbocycles. The number of hydrogen-bond donors (Lipinski definition) is 2. The van der Waals surface area contributed by atoms with Gasteiger partial charge in [-0.15, -0.1) is 0 Å². The normalized spacial score (nSPS) is 19.2. The third-order valence-electron chi connectivity index (χ3n) is 6.22. The lowest BCUT2D eigenvalue weighted by atomic mass is 9.97. The molecule has 1 saturated heterocycles. The van der Waals surface area contributed by atoms with Gasteiger partial charge in [-0.3, -0.25) is 4.79 Å². The molecule has 1 unspecified atom stereocenters. The number of pyridine rings is 2. The molecule has 0 spiro atoms. The third kappa shape index (κ3) is 6.47. The molecule has 214 valence electrons. The number of halogens is 1. The average Bonchev–Trinajstić information content (AvgIpc) is 3.07. The lowest BCUT2D eigenvalue weighted by molar-refractivity contribution is 0.0981. The summed E-state index contributed by atoms with van der Waals surface area (Å²) in [5, 5.41) is -0.408. The van der Waals surface area contributed by atoms with E-state index in [1.807, 2.05) is 39.3 Å². The van der Waals surface area contributed by atoms with Crippen LogP contribution in [0.15, 0.2) is 53.6 Å². The monoisotopic (exact) mass is 563 g/mol. The lowest BCUT2D eigenvalue weighted by Crippen LogP contribution is -2.41. The summed E-state index contributed by atoms with van der Waals surface area (Å²) in [6.07, 6.45) is 0.646. The number of aromatic nitrogens is 2. The molecule has 0 bridgehead atoms. The Kier molecular flexibility index (Phi) is 7.44. The highest BCUT2D eigenvalue weighted by Gasteiger charge is 2.39. The van der Waals surface area contributed by atoms with E-state index in [1.54, 1.807) is 11.0 Å². The van der Waals surface area contributed by atoms with Gasteiger partial charge in [-0.2, -0.15) is 8.42 Å². The van der Waals surface area contributed by atoms with Gasteiger partial charge in [0.05, 0.1) is 17.9 Å². The molecular formula is C28H40FN5O4S. The summed E-state index contributed by atoms with van der Waals surface area (Å²) in [5.41, 5.74) is 5.75. The van der Waals surface area contributed by atoms with Crippen LogP contribution in [0.25, 0.3) is 11.3 Å². The molecule has 3 heterocycles. The van der Waals surface area contributed by atoms with Crippen molar-refractivity contribution < 1.29 is 28.0 Å². The maximum Gasteiger partial charge on any atom is 0.281 e. The fourth-order valence-electron chi connectivity index (χ4n) is 4.59. The minimum atomic E-state index is -4.36. The van der Waals surface area contributed by atoms with Gasteiger partial charge in [-0.25, -0.2) is 19.1 Å². The molecule has 2 atom stereocenters. The van der Waals surface area contributed by atoms with Gasteiger partial charge in [0.1, 0.15) is 23.2 Å². The number of ether oxygens (including phenoxy) is 1. The van der Waals surface area contributed by atoms with Crippen molar-refractivity contribution in [3.8, 4) is 17.0 Å². The summed E-state index contributed by atoms with van der Waals surface area (Å²) in [6.45, 7) is 9.41. The van der Waals surface area contributed by atoms with Crippen LogP contribution in [-0.4, -0.2) is 43.0 Å². The first-order chi connectivity index (χ1) is 18.7. The van der Waals surface area contributed by atoms with Gasteiger partial charge in [0, 0.05) is 29.3 Å². The number of anilines is 2. The van der Waals surface area contributed by atoms with Crippen LogP contribution in [0.4, 0.5) is 16.0 Å². The zero-order valence-corrected chi connectivity index (χ0v) is 23.4. The molecule has 2 aromatic heterocycles. The second kappa shape index (κ2) is 10.8. The van der Waals surface area contributed by atoms with Gasteiger partial charge in [0.25, 0.3) is 15.9 Å². The topological polar surface area (TPSA) is 128 Å². The van der Waals surface area contributed by atoms with E-state index in [-0.39, 0.29) is 33.3 Å². The maximum atomic E-state index is 14.6. The van der Waals surface area contributed by atoms with E-state index < -0.39 is 38.8 Å². The van der Waals surface area contributed by atoms with E-state index in [4.69, 9.17) is 16.8 Å². The number of nitrogens with zero attached hydrogens (tertiary/aromatic N) is 3. The van der Waals surface area contributed by atoms with E-state index in [1.165, 1.54) is 42.5 Å². The first-order valence-corrected chi connectivity index (χ1v) is 14.1. The molecule has 0 saturated carbocycles. The average molecular weight is 564 g/mol. The van der Waals surface area contributed by atoms with Crippen LogP contribution >= 0.6 is 0 Å². The number of benzene rings is 1. The Morgan fingerprint density at radius 1 is 1.31 bits per heavy atom. The van der Waals surface area contributed by atoms with Gasteiger partial charge < -0.3 is 15.4 Å². The molecule has 39 heavy (non-hydrogen) atoms. The Morgan fingerprint density at radius 2 is 2.05 bits per heavy atom. The zero-order valence-electron chi connectivity index (χ0n) is 23.6. The maximum absolute atomic E-state index is 14.6. The number of rotatable bonds is 8. The second-order valence-electron chi connectivity index (χ2n) is 10.8. The molecule has 0 radical (unpaired) electrons. The molecule has 1 aliphatic rings. The number of sulfonamides is 1. The van der Waals surface area contributed by atoms with Gasteiger partial charge in [-0.1, -0.05) is 26.8 Å². The molecule has 1 aromatic carbocycles. The summed E-state index contributed by atoms with van der Waals surface area (Å²) in [6, 6.07) is 11.3. The molecule has 9 nitrogen and oxygen atoms in total. The molecule has 1 amide bonds. The van der Waals surface area contributed by atoms with E-state index in [2.05, 4.69) is 4.98 Å². The number of nitrogen functional groups attached to an aromatic ring is 1. The first kappa shape index (κ1) is 26.9. The molecule has 1 aliphatic heterocycles. The van der Waals surface area contributed by atoms with Crippen LogP contribution in [0.2, 0.25) is 0 Å². The van der Waals surface area contributed by atoms with Crippen molar-refractivity contribution in [2.75, 3.05) is 23.8 Å². The molecule has 3 N–H and O–H groups in total. The molecule has 3 aromatic rings. The fraction of sp³-hybridized carbons (Fsp3) is 0.393. The predicted molar refractivity (Wildman–Crippen MR) is 155 cm³/mol. The summed E-state index contributed by atoms with van der Waals surface area (Å²) >= 11 is 0. The number of carbonyl (C=O) groups is 1. The smallest absolute Gasteiger partial charge is 0.281 e. The van der Waals surface area contributed by atoms with Crippen molar-refractivity contribution >= 4 is 27.6 Å². The van der Waals surface area contributed by atoms with E-state index >= 15 is 0 Å². The van der Waals surface area contributed by atoms with Gasteiger partial charge in [0.2, 0.25) is 0 Å². The van der Waals surface area contributed by atoms with Crippen molar-refractivity contribution in [3.05, 3.63) is 59.9 Å². The standard InChI is InChI=1S/C28H34FN5O4S.3H2/c1-17(2)16-38-21-12-19(11-20(29)13-21)23-10-9-22(26(31-23)34-15-18(3)14-28(34,4)5)27(35)33-39(36,37)25-8-6-7-24(30)32-25;;;/h6-13,17-18H,14-16H2,1-5H3,(H2,30,32)(H,33,35);3*1H/t18-;;;/m0.../s1/i15D;1+1;;/t15?,18-;;;. The molecule has 4 rings (SSSR count).